The Balaban J connectivity index is 1.75. The fourth-order valence-electron chi connectivity index (χ4n) is 2.54. The van der Waals surface area contributed by atoms with Crippen LogP contribution < -0.4 is 10.6 Å². The van der Waals surface area contributed by atoms with E-state index in [0.717, 1.165) is 37.6 Å². The smallest absolute Gasteiger partial charge is 0.128 e. The third-order valence-corrected chi connectivity index (χ3v) is 3.82. The van der Waals surface area contributed by atoms with Crippen molar-refractivity contribution in [1.82, 2.24) is 14.8 Å². The molecule has 20 heavy (non-hydrogen) atoms. The second kappa shape index (κ2) is 7.57. The van der Waals surface area contributed by atoms with Crippen LogP contribution in [-0.2, 0) is 6.54 Å². The maximum Gasteiger partial charge on any atom is 0.128 e. The van der Waals surface area contributed by atoms with Crippen molar-refractivity contribution in [3.63, 3.8) is 0 Å². The molecule has 2 heterocycles. The number of nitrogens with zero attached hydrogens (tertiary/aromatic N) is 4. The Morgan fingerprint density at radius 3 is 2.50 bits per heavy atom. The van der Waals surface area contributed by atoms with Gasteiger partial charge in [0.1, 0.15) is 5.82 Å². The third kappa shape index (κ3) is 4.44. The van der Waals surface area contributed by atoms with Crippen LogP contribution in [0.4, 0.5) is 5.82 Å². The Hall–Kier alpha value is -1.17. The molecule has 0 aliphatic carbocycles. The normalized spacial score (nSPS) is 16.9. The molecular formula is C15H27N5. The summed E-state index contributed by atoms with van der Waals surface area (Å²) in [5.74, 6) is 1.08. The molecule has 1 fully saturated rings. The van der Waals surface area contributed by atoms with Crippen molar-refractivity contribution in [2.24, 2.45) is 5.73 Å². The van der Waals surface area contributed by atoms with E-state index in [-0.39, 0.29) is 0 Å². The lowest BCUT2D eigenvalue weighted by molar-refractivity contribution is 0.242. The number of hydrogen-bond acceptors (Lipinski definition) is 5. The molecule has 0 saturated carbocycles. The second-order valence-electron chi connectivity index (χ2n) is 5.71. The minimum atomic E-state index is 0.562. The Morgan fingerprint density at radius 1 is 1.20 bits per heavy atom. The van der Waals surface area contributed by atoms with E-state index in [1.807, 2.05) is 6.20 Å². The van der Waals surface area contributed by atoms with Gasteiger partial charge in [-0.2, -0.15) is 0 Å². The highest BCUT2D eigenvalue weighted by atomic mass is 15.3. The number of piperazine rings is 1. The van der Waals surface area contributed by atoms with E-state index in [1.165, 1.54) is 19.5 Å². The van der Waals surface area contributed by atoms with Crippen LogP contribution in [0.2, 0.25) is 0 Å². The van der Waals surface area contributed by atoms with Crippen LogP contribution >= 0.6 is 0 Å². The van der Waals surface area contributed by atoms with E-state index in [0.29, 0.717) is 6.54 Å². The largest absolute Gasteiger partial charge is 0.354 e. The van der Waals surface area contributed by atoms with Gasteiger partial charge in [0.25, 0.3) is 0 Å². The predicted octanol–water partition coefficient (Wildman–Crippen LogP) is 0.614. The van der Waals surface area contributed by atoms with Crippen molar-refractivity contribution in [1.29, 1.82) is 0 Å². The van der Waals surface area contributed by atoms with Gasteiger partial charge in [0.15, 0.2) is 0 Å². The highest BCUT2D eigenvalue weighted by Gasteiger charge is 2.17. The van der Waals surface area contributed by atoms with Gasteiger partial charge < -0.3 is 15.5 Å². The van der Waals surface area contributed by atoms with Gasteiger partial charge in [0.2, 0.25) is 0 Å². The van der Waals surface area contributed by atoms with Crippen LogP contribution in [0.5, 0.6) is 0 Å². The lowest BCUT2D eigenvalue weighted by Crippen LogP contribution is -2.47. The fraction of sp³-hybridized carbons (Fsp3) is 0.667. The first kappa shape index (κ1) is 15.2. The van der Waals surface area contributed by atoms with Gasteiger partial charge in [-0.1, -0.05) is 6.07 Å². The summed E-state index contributed by atoms with van der Waals surface area (Å²) in [5, 5.41) is 0. The molecule has 112 valence electrons. The SMILES string of the molecule is CN(C)CCCN1CCN(c2ccc(CN)cn2)CC1. The van der Waals surface area contributed by atoms with Gasteiger partial charge in [-0.15, -0.1) is 0 Å². The monoisotopic (exact) mass is 277 g/mol. The Kier molecular flexibility index (Phi) is 5.76. The topological polar surface area (TPSA) is 48.6 Å². The van der Waals surface area contributed by atoms with E-state index in [9.17, 15) is 0 Å². The molecule has 5 heteroatoms. The molecule has 5 nitrogen and oxygen atoms in total. The van der Waals surface area contributed by atoms with E-state index < -0.39 is 0 Å². The number of aromatic nitrogens is 1. The van der Waals surface area contributed by atoms with Gasteiger partial charge in [-0.05, 0) is 45.2 Å². The van der Waals surface area contributed by atoms with Crippen LogP contribution in [0.15, 0.2) is 18.3 Å². The molecule has 0 atom stereocenters. The molecule has 0 unspecified atom stereocenters. The van der Waals surface area contributed by atoms with Crippen LogP contribution in [-0.4, -0.2) is 68.1 Å². The summed E-state index contributed by atoms with van der Waals surface area (Å²) in [7, 11) is 4.27. The summed E-state index contributed by atoms with van der Waals surface area (Å²) >= 11 is 0. The Bertz CT molecular complexity index is 382. The van der Waals surface area contributed by atoms with Gasteiger partial charge >= 0.3 is 0 Å². The van der Waals surface area contributed by atoms with Crippen LogP contribution in [0, 0.1) is 0 Å². The summed E-state index contributed by atoms with van der Waals surface area (Å²) in [4.78, 5) is 11.7. The minimum absolute atomic E-state index is 0.562. The number of pyridine rings is 1. The standard InChI is InChI=1S/C15H27N5/c1-18(2)6-3-7-19-8-10-20(11-9-19)15-5-4-14(12-16)13-17-15/h4-5,13H,3,6-12,16H2,1-2H3. The molecule has 0 aromatic carbocycles. The van der Waals surface area contributed by atoms with Crippen molar-refractivity contribution in [3.05, 3.63) is 23.9 Å². The molecule has 1 aromatic rings. The molecule has 0 bridgehead atoms. The number of nitrogens with two attached hydrogens (primary N) is 1. The van der Waals surface area contributed by atoms with Crippen molar-refractivity contribution < 1.29 is 0 Å². The Morgan fingerprint density at radius 2 is 1.95 bits per heavy atom. The molecule has 1 saturated heterocycles. The molecule has 2 rings (SSSR count). The van der Waals surface area contributed by atoms with Crippen molar-refractivity contribution in [2.45, 2.75) is 13.0 Å². The maximum absolute atomic E-state index is 5.60. The number of anilines is 1. The van der Waals surface area contributed by atoms with Gasteiger partial charge in [0, 0.05) is 38.9 Å². The highest BCUT2D eigenvalue weighted by molar-refractivity contribution is 5.39. The predicted molar refractivity (Wildman–Crippen MR) is 84.0 cm³/mol. The van der Waals surface area contributed by atoms with Gasteiger partial charge in [-0.25, -0.2) is 4.98 Å². The van der Waals surface area contributed by atoms with E-state index in [4.69, 9.17) is 5.73 Å². The molecule has 0 radical (unpaired) electrons. The summed E-state index contributed by atoms with van der Waals surface area (Å²) in [6.07, 6.45) is 3.13. The average molecular weight is 277 g/mol. The van der Waals surface area contributed by atoms with Crippen LogP contribution in [0.1, 0.15) is 12.0 Å². The molecule has 0 spiro atoms. The average Bonchev–Trinajstić information content (AvgIpc) is 2.48. The first-order chi connectivity index (χ1) is 9.69. The quantitative estimate of drug-likeness (QED) is 0.826. The first-order valence-corrected chi connectivity index (χ1v) is 7.46. The molecule has 1 aromatic heterocycles. The summed E-state index contributed by atoms with van der Waals surface area (Å²) in [6.45, 7) is 7.33. The fourth-order valence-corrected chi connectivity index (χ4v) is 2.54. The van der Waals surface area contributed by atoms with E-state index in [2.05, 4.69) is 45.9 Å². The van der Waals surface area contributed by atoms with Crippen molar-refractivity contribution in [2.75, 3.05) is 58.3 Å². The van der Waals surface area contributed by atoms with Crippen molar-refractivity contribution in [3.8, 4) is 0 Å². The van der Waals surface area contributed by atoms with Crippen LogP contribution in [0.3, 0.4) is 0 Å². The van der Waals surface area contributed by atoms with Gasteiger partial charge in [0.05, 0.1) is 0 Å². The molecular weight excluding hydrogens is 250 g/mol. The van der Waals surface area contributed by atoms with Gasteiger partial charge in [-0.3, -0.25) is 4.90 Å². The zero-order valence-corrected chi connectivity index (χ0v) is 12.8. The minimum Gasteiger partial charge on any atom is -0.354 e. The molecule has 0 amide bonds. The lowest BCUT2D eigenvalue weighted by atomic mass is 10.2. The molecule has 1 aliphatic rings. The summed E-state index contributed by atoms with van der Waals surface area (Å²) in [5.41, 5.74) is 6.69. The zero-order chi connectivity index (χ0) is 14.4. The zero-order valence-electron chi connectivity index (χ0n) is 12.8. The second-order valence-corrected chi connectivity index (χ2v) is 5.71. The van der Waals surface area contributed by atoms with E-state index in [1.54, 1.807) is 0 Å². The van der Waals surface area contributed by atoms with E-state index >= 15 is 0 Å². The van der Waals surface area contributed by atoms with Crippen molar-refractivity contribution >= 4 is 5.82 Å². The molecule has 2 N–H and O–H groups in total. The lowest BCUT2D eigenvalue weighted by Gasteiger charge is -2.35. The Labute approximate surface area is 122 Å². The highest BCUT2D eigenvalue weighted by Crippen LogP contribution is 2.14. The maximum atomic E-state index is 5.60. The number of rotatable bonds is 6. The molecule has 1 aliphatic heterocycles. The first-order valence-electron chi connectivity index (χ1n) is 7.46. The third-order valence-electron chi connectivity index (χ3n) is 3.82. The number of hydrogen-bond donors (Lipinski definition) is 1. The summed E-state index contributed by atoms with van der Waals surface area (Å²) < 4.78 is 0. The van der Waals surface area contributed by atoms with Crippen LogP contribution in [0.25, 0.3) is 0 Å². The summed E-state index contributed by atoms with van der Waals surface area (Å²) in [6, 6.07) is 4.16.